The number of hydrogen-bond acceptors (Lipinski definition) is 4. The van der Waals surface area contributed by atoms with E-state index >= 15 is 0 Å². The van der Waals surface area contributed by atoms with Crippen molar-refractivity contribution >= 4 is 21.9 Å². The first-order valence-electron chi connectivity index (χ1n) is 5.56. The molecule has 88 valence electrons. The van der Waals surface area contributed by atoms with Crippen molar-refractivity contribution in [2.45, 2.75) is 25.7 Å². The maximum Gasteiger partial charge on any atom is 0.222 e. The predicted molar refractivity (Wildman–Crippen MR) is 66.2 cm³/mol. The summed E-state index contributed by atoms with van der Waals surface area (Å²) in [5, 5.41) is 12.7. The van der Waals surface area contributed by atoms with E-state index in [1.165, 1.54) is 12.8 Å². The summed E-state index contributed by atoms with van der Waals surface area (Å²) in [6.45, 7) is 1.00. The third kappa shape index (κ3) is 2.71. The molecule has 0 aromatic carbocycles. The number of rotatable bonds is 4. The van der Waals surface area contributed by atoms with Crippen molar-refractivity contribution in [3.63, 3.8) is 0 Å². The average Bonchev–Trinajstić information content (AvgIpc) is 2.78. The second kappa shape index (κ2) is 5.10. The molecule has 4 nitrogen and oxygen atoms in total. The van der Waals surface area contributed by atoms with Crippen molar-refractivity contribution in [2.75, 3.05) is 18.5 Å². The van der Waals surface area contributed by atoms with Gasteiger partial charge in [0.15, 0.2) is 0 Å². The van der Waals surface area contributed by atoms with Crippen LogP contribution in [0.25, 0.3) is 0 Å². The van der Waals surface area contributed by atoms with Crippen LogP contribution in [0.15, 0.2) is 16.9 Å². The lowest BCUT2D eigenvalue weighted by molar-refractivity contribution is 0.142. The lowest BCUT2D eigenvalue weighted by Gasteiger charge is -2.26. The van der Waals surface area contributed by atoms with E-state index in [0.717, 1.165) is 23.9 Å². The Bertz CT molecular complexity index is 336. The quantitative estimate of drug-likeness (QED) is 0.891. The molecule has 1 aliphatic carbocycles. The molecule has 16 heavy (non-hydrogen) atoms. The molecule has 0 unspecified atom stereocenters. The van der Waals surface area contributed by atoms with Crippen LogP contribution in [0, 0.1) is 5.41 Å². The van der Waals surface area contributed by atoms with E-state index < -0.39 is 0 Å². The average molecular weight is 286 g/mol. The standard InChI is InChI=1S/C11H16BrN3O/c12-9-5-13-10(14-6-9)15-7-11(8-16)3-1-2-4-11/h5-6,16H,1-4,7-8H2,(H,13,14,15). The van der Waals surface area contributed by atoms with Gasteiger partial charge in [0.25, 0.3) is 0 Å². The zero-order chi connectivity index (χ0) is 11.4. The highest BCUT2D eigenvalue weighted by atomic mass is 79.9. The Labute approximate surface area is 104 Å². The van der Waals surface area contributed by atoms with E-state index in [2.05, 4.69) is 31.2 Å². The van der Waals surface area contributed by atoms with E-state index in [0.29, 0.717) is 5.95 Å². The Balaban J connectivity index is 1.93. The largest absolute Gasteiger partial charge is 0.396 e. The molecule has 1 fully saturated rings. The Morgan fingerprint density at radius 3 is 2.50 bits per heavy atom. The lowest BCUT2D eigenvalue weighted by Crippen LogP contribution is -2.31. The SMILES string of the molecule is OCC1(CNc2ncc(Br)cn2)CCCC1. The summed E-state index contributed by atoms with van der Waals surface area (Å²) in [5.41, 5.74) is 0.0381. The van der Waals surface area contributed by atoms with Gasteiger partial charge in [0.2, 0.25) is 5.95 Å². The molecule has 0 saturated heterocycles. The summed E-state index contributed by atoms with van der Waals surface area (Å²) in [6.07, 6.45) is 8.04. The van der Waals surface area contributed by atoms with E-state index in [1.54, 1.807) is 12.4 Å². The zero-order valence-electron chi connectivity index (χ0n) is 9.12. The van der Waals surface area contributed by atoms with Crippen LogP contribution in [0.5, 0.6) is 0 Å². The maximum atomic E-state index is 9.45. The van der Waals surface area contributed by atoms with Gasteiger partial charge in [0.1, 0.15) is 0 Å². The van der Waals surface area contributed by atoms with Crippen LogP contribution < -0.4 is 5.32 Å². The second-order valence-corrected chi connectivity index (χ2v) is 5.36. The fourth-order valence-corrected chi connectivity index (χ4v) is 2.39. The summed E-state index contributed by atoms with van der Waals surface area (Å²) in [6, 6.07) is 0. The number of aromatic nitrogens is 2. The molecule has 1 aliphatic rings. The Hall–Kier alpha value is -0.680. The van der Waals surface area contributed by atoms with Crippen LogP contribution in [-0.4, -0.2) is 28.2 Å². The molecule has 0 amide bonds. The molecular weight excluding hydrogens is 270 g/mol. The molecule has 1 aromatic heterocycles. The minimum absolute atomic E-state index is 0.0381. The van der Waals surface area contributed by atoms with E-state index in [-0.39, 0.29) is 12.0 Å². The topological polar surface area (TPSA) is 58.0 Å². The Kier molecular flexibility index (Phi) is 3.76. The van der Waals surface area contributed by atoms with Crippen LogP contribution in [0.2, 0.25) is 0 Å². The van der Waals surface area contributed by atoms with Gasteiger partial charge in [-0.05, 0) is 28.8 Å². The molecule has 5 heteroatoms. The van der Waals surface area contributed by atoms with Gasteiger partial charge in [-0.1, -0.05) is 12.8 Å². The fraction of sp³-hybridized carbons (Fsp3) is 0.636. The van der Waals surface area contributed by atoms with Gasteiger partial charge >= 0.3 is 0 Å². The molecular formula is C11H16BrN3O. The Morgan fingerprint density at radius 2 is 1.94 bits per heavy atom. The Morgan fingerprint density at radius 1 is 1.31 bits per heavy atom. The molecule has 0 radical (unpaired) electrons. The van der Waals surface area contributed by atoms with Gasteiger partial charge in [-0.15, -0.1) is 0 Å². The monoisotopic (exact) mass is 285 g/mol. The van der Waals surface area contributed by atoms with E-state index in [1.807, 2.05) is 0 Å². The van der Waals surface area contributed by atoms with Gasteiger partial charge in [0, 0.05) is 24.4 Å². The minimum atomic E-state index is 0.0381. The van der Waals surface area contributed by atoms with Gasteiger partial charge < -0.3 is 10.4 Å². The summed E-state index contributed by atoms with van der Waals surface area (Å²) < 4.78 is 0.871. The first-order chi connectivity index (χ1) is 7.74. The van der Waals surface area contributed by atoms with Crippen LogP contribution in [0.3, 0.4) is 0 Å². The molecule has 1 saturated carbocycles. The molecule has 0 spiro atoms. The summed E-state index contributed by atoms with van der Waals surface area (Å²) in [7, 11) is 0. The van der Waals surface area contributed by atoms with Crippen molar-refractivity contribution in [2.24, 2.45) is 5.41 Å². The summed E-state index contributed by atoms with van der Waals surface area (Å²) in [5.74, 6) is 0.628. The number of aliphatic hydroxyl groups is 1. The fourth-order valence-electron chi connectivity index (χ4n) is 2.19. The zero-order valence-corrected chi connectivity index (χ0v) is 10.7. The second-order valence-electron chi connectivity index (χ2n) is 4.44. The first kappa shape index (κ1) is 11.8. The highest BCUT2D eigenvalue weighted by molar-refractivity contribution is 9.10. The van der Waals surface area contributed by atoms with E-state index in [9.17, 15) is 5.11 Å². The molecule has 0 atom stereocenters. The number of aliphatic hydroxyl groups excluding tert-OH is 1. The van der Waals surface area contributed by atoms with Crippen LogP contribution in [-0.2, 0) is 0 Å². The normalized spacial score (nSPS) is 18.6. The molecule has 1 aromatic rings. The number of hydrogen-bond donors (Lipinski definition) is 2. The first-order valence-corrected chi connectivity index (χ1v) is 6.36. The number of nitrogens with one attached hydrogen (secondary N) is 1. The van der Waals surface area contributed by atoms with Gasteiger partial charge in [0.05, 0.1) is 11.1 Å². The van der Waals surface area contributed by atoms with Crippen LogP contribution in [0.4, 0.5) is 5.95 Å². The van der Waals surface area contributed by atoms with Crippen molar-refractivity contribution in [1.82, 2.24) is 9.97 Å². The lowest BCUT2D eigenvalue weighted by atomic mass is 9.87. The minimum Gasteiger partial charge on any atom is -0.396 e. The number of halogens is 1. The van der Waals surface area contributed by atoms with Gasteiger partial charge in [-0.2, -0.15) is 0 Å². The third-order valence-corrected chi connectivity index (χ3v) is 3.65. The third-order valence-electron chi connectivity index (χ3n) is 3.24. The van der Waals surface area contributed by atoms with Crippen LogP contribution in [0.1, 0.15) is 25.7 Å². The maximum absolute atomic E-state index is 9.45. The molecule has 0 bridgehead atoms. The summed E-state index contributed by atoms with van der Waals surface area (Å²) >= 11 is 3.29. The van der Waals surface area contributed by atoms with Gasteiger partial charge in [-0.3, -0.25) is 0 Å². The summed E-state index contributed by atoms with van der Waals surface area (Å²) in [4.78, 5) is 8.31. The molecule has 2 N–H and O–H groups in total. The molecule has 2 rings (SSSR count). The molecule has 1 heterocycles. The van der Waals surface area contributed by atoms with Crippen molar-refractivity contribution in [3.05, 3.63) is 16.9 Å². The van der Waals surface area contributed by atoms with Gasteiger partial charge in [-0.25, -0.2) is 9.97 Å². The van der Waals surface area contributed by atoms with Crippen molar-refractivity contribution in [1.29, 1.82) is 0 Å². The van der Waals surface area contributed by atoms with Crippen LogP contribution >= 0.6 is 15.9 Å². The smallest absolute Gasteiger partial charge is 0.222 e. The van der Waals surface area contributed by atoms with Crippen molar-refractivity contribution in [3.8, 4) is 0 Å². The predicted octanol–water partition coefficient (Wildman–Crippen LogP) is 2.20. The number of anilines is 1. The van der Waals surface area contributed by atoms with Crippen molar-refractivity contribution < 1.29 is 5.11 Å². The number of nitrogens with zero attached hydrogens (tertiary/aromatic N) is 2. The molecule has 0 aliphatic heterocycles. The highest BCUT2D eigenvalue weighted by Gasteiger charge is 2.33. The van der Waals surface area contributed by atoms with E-state index in [4.69, 9.17) is 0 Å². The highest BCUT2D eigenvalue weighted by Crippen LogP contribution is 2.37.